The van der Waals surface area contributed by atoms with Gasteiger partial charge in [-0.25, -0.2) is 26.8 Å². The Bertz CT molecular complexity index is 2720. The van der Waals surface area contributed by atoms with Crippen LogP contribution in [0.4, 0.5) is 11.9 Å². The van der Waals surface area contributed by atoms with E-state index in [-0.39, 0.29) is 72.2 Å². The fraction of sp³-hybridized carbons (Fsp3) is 0.542. The number of piperidine rings is 2. The molecule has 6 aliphatic heterocycles. The van der Waals surface area contributed by atoms with Crippen molar-refractivity contribution >= 4 is 53.6 Å². The van der Waals surface area contributed by atoms with Crippen LogP contribution in [-0.2, 0) is 57.1 Å². The zero-order valence-corrected chi connectivity index (χ0v) is 43.2. The molecule has 22 nitrogen and oxygen atoms in total. The van der Waals surface area contributed by atoms with Gasteiger partial charge in [0.1, 0.15) is 24.4 Å². The van der Waals surface area contributed by atoms with Crippen LogP contribution in [-0.4, -0.2) is 167 Å². The standard InChI is InChI=1S/C24H30N4O7S.C17H24N4O5.C7H7ClO2S/c1-15-3-5-18(6-4-15)36(30,31)28-11-8-17(9-12-28)26-24-25-10-7-21(27-24)35-20-14-33-22-19(34-16(2)29)13-32-23(20)22;1-10(22)25-12-8-23-16-13(9-24-15(12)16)26-14-4-7-19-17(21-14)20-11-2-5-18-6-3-11;1-6-2-4-7(5-3-6)11(8,9)10/h3-7,10,17,19-20,22-23H,8-9,11-14H2,1-2H3,(H,25,26,27);4,7,11-13,15-16,18H,2-3,5-6,8-9H2,1H3,(H,19,20,21);2-5H,1H3/t19-,20?,22+,23+;12-,13?,15+,16+;/m00./s1. The van der Waals surface area contributed by atoms with Crippen LogP contribution in [0.5, 0.6) is 11.8 Å². The van der Waals surface area contributed by atoms with Gasteiger partial charge in [-0.05, 0) is 76.9 Å². The van der Waals surface area contributed by atoms with Gasteiger partial charge in [0.15, 0.2) is 24.4 Å². The number of esters is 2. The molecule has 2 aromatic carbocycles. The predicted octanol–water partition coefficient (Wildman–Crippen LogP) is 3.57. The quantitative estimate of drug-likeness (QED) is 0.128. The van der Waals surface area contributed by atoms with Gasteiger partial charge in [0.25, 0.3) is 9.05 Å². The van der Waals surface area contributed by atoms with Crippen molar-refractivity contribution in [3.8, 4) is 11.8 Å². The number of benzene rings is 2. The molecule has 4 aromatic rings. The van der Waals surface area contributed by atoms with E-state index in [9.17, 15) is 26.4 Å². The van der Waals surface area contributed by atoms with Gasteiger partial charge in [-0.1, -0.05) is 35.4 Å². The first-order valence-electron chi connectivity index (χ1n) is 24.1. The number of carbonyl (C=O) groups is 2. The maximum Gasteiger partial charge on any atom is 0.303 e. The van der Waals surface area contributed by atoms with E-state index in [0.29, 0.717) is 80.3 Å². The molecule has 0 saturated carbocycles. The lowest BCUT2D eigenvalue weighted by atomic mass is 10.1. The molecule has 8 heterocycles. The Balaban J connectivity index is 0.000000167. The van der Waals surface area contributed by atoms with Gasteiger partial charge in [0.05, 0.1) is 36.2 Å². The SMILES string of the molecule is CC(=O)O[C@H]1CO[C@@H]2C(Oc3ccnc(NC4CCN(S(=O)(=O)c5ccc(C)cc5)CC4)n3)CO[C@H]12.CC(=O)O[C@H]1CO[C@@H]2C(Oc3ccnc(NC4CCNCC4)n3)CO[C@H]12.Cc1ccc(S(=O)(=O)Cl)cc1. The predicted molar refractivity (Wildman–Crippen MR) is 263 cm³/mol. The summed E-state index contributed by atoms with van der Waals surface area (Å²) < 4.78 is 94.3. The summed E-state index contributed by atoms with van der Waals surface area (Å²) in [5.74, 6) is 1.12. The summed E-state index contributed by atoms with van der Waals surface area (Å²) in [7, 11) is -1.97. The van der Waals surface area contributed by atoms with E-state index in [1.165, 1.54) is 30.3 Å². The Hall–Kier alpha value is -5.31. The number of aromatic nitrogens is 4. The highest BCUT2D eigenvalue weighted by Gasteiger charge is 2.52. The average Bonchev–Trinajstić information content (AvgIpc) is 4.15. The van der Waals surface area contributed by atoms with E-state index < -0.39 is 25.2 Å². The zero-order chi connectivity index (χ0) is 51.7. The van der Waals surface area contributed by atoms with E-state index in [4.69, 9.17) is 48.6 Å². The van der Waals surface area contributed by atoms with Crippen molar-refractivity contribution in [3.05, 3.63) is 84.2 Å². The number of fused-ring (bicyclic) bond motifs is 2. The van der Waals surface area contributed by atoms with Gasteiger partial charge < -0.3 is 53.8 Å². The Morgan fingerprint density at radius 1 is 0.603 bits per heavy atom. The summed E-state index contributed by atoms with van der Waals surface area (Å²) in [5.41, 5.74) is 2.03. The van der Waals surface area contributed by atoms with Crippen LogP contribution in [0.15, 0.2) is 82.8 Å². The highest BCUT2D eigenvalue weighted by Crippen LogP contribution is 2.33. The summed E-state index contributed by atoms with van der Waals surface area (Å²) in [4.78, 5) is 40.4. The van der Waals surface area contributed by atoms with Crippen LogP contribution in [0, 0.1) is 13.8 Å². The van der Waals surface area contributed by atoms with E-state index in [2.05, 4.69) is 35.9 Å². The molecule has 6 aliphatic rings. The fourth-order valence-electron chi connectivity index (χ4n) is 9.09. The summed E-state index contributed by atoms with van der Waals surface area (Å²) >= 11 is 0. The number of hydrogen-bond donors (Lipinski definition) is 3. The molecule has 2 unspecified atom stereocenters. The normalized spacial score (nSPS) is 26.2. The van der Waals surface area contributed by atoms with Crippen molar-refractivity contribution in [2.75, 3.05) is 63.2 Å². The molecular weight excluding hydrogens is 1010 g/mol. The van der Waals surface area contributed by atoms with Crippen LogP contribution >= 0.6 is 10.7 Å². The summed E-state index contributed by atoms with van der Waals surface area (Å²) in [6.45, 7) is 10.6. The molecule has 25 heteroatoms. The summed E-state index contributed by atoms with van der Waals surface area (Å²) in [6.07, 6.45) is 3.86. The number of carbonyl (C=O) groups excluding carboxylic acids is 2. The maximum absolute atomic E-state index is 12.9. The highest BCUT2D eigenvalue weighted by molar-refractivity contribution is 8.13. The molecule has 0 spiro atoms. The van der Waals surface area contributed by atoms with Crippen molar-refractivity contribution in [2.24, 2.45) is 0 Å². The fourth-order valence-corrected chi connectivity index (χ4v) is 11.3. The van der Waals surface area contributed by atoms with Crippen molar-refractivity contribution in [1.29, 1.82) is 0 Å². The number of hydrogen-bond acceptors (Lipinski definition) is 21. The molecule has 0 amide bonds. The van der Waals surface area contributed by atoms with Gasteiger partial charge in [0.2, 0.25) is 33.7 Å². The van der Waals surface area contributed by atoms with Crippen LogP contribution in [0.3, 0.4) is 0 Å². The lowest BCUT2D eigenvalue weighted by molar-refractivity contribution is -0.151. The summed E-state index contributed by atoms with van der Waals surface area (Å²) in [5, 5.41) is 9.99. The minimum absolute atomic E-state index is 0.0339. The molecule has 6 fully saturated rings. The lowest BCUT2D eigenvalue weighted by Gasteiger charge is -2.31. The Kier molecular flexibility index (Phi) is 18.0. The number of anilines is 2. The van der Waals surface area contributed by atoms with Crippen molar-refractivity contribution in [3.63, 3.8) is 0 Å². The smallest absolute Gasteiger partial charge is 0.303 e. The first-order chi connectivity index (χ1) is 35.0. The van der Waals surface area contributed by atoms with E-state index >= 15 is 0 Å². The van der Waals surface area contributed by atoms with E-state index in [1.807, 2.05) is 26.0 Å². The molecular formula is C48H61ClN8O14S2. The van der Waals surface area contributed by atoms with Gasteiger partial charge >= 0.3 is 11.9 Å². The molecule has 396 valence electrons. The van der Waals surface area contributed by atoms with Gasteiger partial charge in [-0.15, -0.1) is 0 Å². The van der Waals surface area contributed by atoms with Crippen LogP contribution < -0.4 is 25.4 Å². The van der Waals surface area contributed by atoms with Gasteiger partial charge in [-0.3, -0.25) is 9.59 Å². The summed E-state index contributed by atoms with van der Waals surface area (Å²) in [6, 6.07) is 17.1. The topological polar surface area (TPSA) is 267 Å². The number of aryl methyl sites for hydroxylation is 2. The Labute approximate surface area is 429 Å². The van der Waals surface area contributed by atoms with Crippen LogP contribution in [0.2, 0.25) is 0 Å². The number of nitrogens with zero attached hydrogens (tertiary/aromatic N) is 5. The molecule has 10 rings (SSSR count). The molecule has 6 saturated heterocycles. The minimum atomic E-state index is -3.55. The zero-order valence-electron chi connectivity index (χ0n) is 40.8. The first-order valence-corrected chi connectivity index (χ1v) is 27.9. The monoisotopic (exact) mass is 1070 g/mol. The van der Waals surface area contributed by atoms with E-state index in [0.717, 1.165) is 37.1 Å². The third kappa shape index (κ3) is 14.5. The molecule has 73 heavy (non-hydrogen) atoms. The Morgan fingerprint density at radius 2 is 1.00 bits per heavy atom. The van der Waals surface area contributed by atoms with E-state index in [1.54, 1.807) is 48.8 Å². The Morgan fingerprint density at radius 3 is 1.42 bits per heavy atom. The number of sulfonamides is 1. The second kappa shape index (κ2) is 24.4. The second-order valence-corrected chi connectivity index (χ2v) is 22.8. The average molecular weight is 1070 g/mol. The number of nitrogens with one attached hydrogen (secondary N) is 3. The van der Waals surface area contributed by atoms with Crippen LogP contribution in [0.25, 0.3) is 0 Å². The molecule has 0 aliphatic carbocycles. The molecule has 8 atom stereocenters. The van der Waals surface area contributed by atoms with Crippen molar-refractivity contribution < 1.29 is 64.3 Å². The van der Waals surface area contributed by atoms with Gasteiger partial charge in [0, 0.05) is 74.2 Å². The molecule has 3 N–H and O–H groups in total. The third-order valence-electron chi connectivity index (χ3n) is 12.8. The third-order valence-corrected chi connectivity index (χ3v) is 16.1. The highest BCUT2D eigenvalue weighted by atomic mass is 35.7. The van der Waals surface area contributed by atoms with Crippen LogP contribution in [0.1, 0.15) is 50.7 Å². The van der Waals surface area contributed by atoms with Crippen molar-refractivity contribution in [1.82, 2.24) is 29.6 Å². The largest absolute Gasteiger partial charge is 0.469 e. The molecule has 2 aromatic heterocycles. The van der Waals surface area contributed by atoms with Gasteiger partial charge in [-0.2, -0.15) is 14.3 Å². The maximum atomic E-state index is 12.9. The molecule has 0 radical (unpaired) electrons. The van der Waals surface area contributed by atoms with Crippen molar-refractivity contribution in [2.45, 2.75) is 124 Å². The molecule has 0 bridgehead atoms. The number of rotatable bonds is 13. The lowest BCUT2D eigenvalue weighted by Crippen LogP contribution is -2.42. The number of ether oxygens (including phenoxy) is 8. The minimum Gasteiger partial charge on any atom is -0.469 e. The second-order valence-electron chi connectivity index (χ2n) is 18.3. The number of halogens is 1. The first kappa shape index (κ1) is 54.0.